The maximum Gasteiger partial charge on any atom is 0.162 e. The molecule has 0 amide bonds. The summed E-state index contributed by atoms with van der Waals surface area (Å²) in [4.78, 5) is 0. The van der Waals surface area contributed by atoms with E-state index < -0.39 is 6.04 Å². The molecule has 3 rings (SSSR count). The fourth-order valence-electron chi connectivity index (χ4n) is 2.57. The van der Waals surface area contributed by atoms with Gasteiger partial charge in [-0.15, -0.1) is 0 Å². The second-order valence-electron chi connectivity index (χ2n) is 4.93. The number of hydrogen-bond acceptors (Lipinski definition) is 4. The molecule has 0 fully saturated rings. The van der Waals surface area contributed by atoms with Crippen LogP contribution in [0.3, 0.4) is 0 Å². The third kappa shape index (κ3) is 2.08. The lowest BCUT2D eigenvalue weighted by atomic mass is 10.1. The van der Waals surface area contributed by atoms with Crippen molar-refractivity contribution < 1.29 is 13.5 Å². The Balaban J connectivity index is 2.15. The highest BCUT2D eigenvalue weighted by Gasteiger charge is 2.24. The van der Waals surface area contributed by atoms with Gasteiger partial charge in [-0.2, -0.15) is 5.10 Å². The SMILES string of the molecule is COc1cnn(C)c1C(N)c1oc2ccc(F)cc2c1C. The normalized spacial score (nSPS) is 12.8. The van der Waals surface area contributed by atoms with Gasteiger partial charge in [-0.3, -0.25) is 4.68 Å². The van der Waals surface area contributed by atoms with Crippen LogP contribution >= 0.6 is 0 Å². The summed E-state index contributed by atoms with van der Waals surface area (Å²) in [7, 11) is 3.35. The molecule has 0 spiro atoms. The number of fused-ring (bicyclic) bond motifs is 1. The maximum atomic E-state index is 13.4. The number of hydrogen-bond donors (Lipinski definition) is 1. The number of nitrogens with two attached hydrogens (primary N) is 1. The molecular weight excluding hydrogens is 273 g/mol. The van der Waals surface area contributed by atoms with Gasteiger partial charge in [-0.05, 0) is 25.1 Å². The largest absolute Gasteiger partial charge is 0.493 e. The fourth-order valence-corrected chi connectivity index (χ4v) is 2.57. The minimum atomic E-state index is -0.539. The Labute approximate surface area is 121 Å². The number of halogens is 1. The first-order valence-electron chi connectivity index (χ1n) is 6.53. The van der Waals surface area contributed by atoms with Gasteiger partial charge in [-0.25, -0.2) is 4.39 Å². The molecule has 1 aromatic carbocycles. The van der Waals surface area contributed by atoms with Gasteiger partial charge in [0.2, 0.25) is 0 Å². The second kappa shape index (κ2) is 4.89. The van der Waals surface area contributed by atoms with Crippen molar-refractivity contribution in [2.75, 3.05) is 7.11 Å². The Morgan fingerprint density at radius 1 is 1.43 bits per heavy atom. The van der Waals surface area contributed by atoms with Crippen molar-refractivity contribution in [3.05, 3.63) is 47.2 Å². The van der Waals surface area contributed by atoms with Crippen LogP contribution in [0.15, 0.2) is 28.8 Å². The Morgan fingerprint density at radius 3 is 2.90 bits per heavy atom. The third-order valence-electron chi connectivity index (χ3n) is 3.68. The van der Waals surface area contributed by atoms with Crippen LogP contribution in [-0.4, -0.2) is 16.9 Å². The zero-order valence-electron chi connectivity index (χ0n) is 12.1. The first-order valence-corrected chi connectivity index (χ1v) is 6.53. The quantitative estimate of drug-likeness (QED) is 0.805. The van der Waals surface area contributed by atoms with Crippen molar-refractivity contribution in [2.24, 2.45) is 12.8 Å². The lowest BCUT2D eigenvalue weighted by molar-refractivity contribution is 0.401. The minimum absolute atomic E-state index is 0.301. The number of aryl methyl sites for hydroxylation is 2. The van der Waals surface area contributed by atoms with Gasteiger partial charge in [0.1, 0.15) is 28.9 Å². The van der Waals surface area contributed by atoms with Crippen molar-refractivity contribution in [2.45, 2.75) is 13.0 Å². The molecule has 0 aliphatic rings. The smallest absolute Gasteiger partial charge is 0.162 e. The highest BCUT2D eigenvalue weighted by atomic mass is 19.1. The van der Waals surface area contributed by atoms with Crippen molar-refractivity contribution in [3.8, 4) is 5.75 Å². The van der Waals surface area contributed by atoms with Gasteiger partial charge in [0.05, 0.1) is 13.3 Å². The molecule has 0 aliphatic heterocycles. The van der Waals surface area contributed by atoms with E-state index >= 15 is 0 Å². The third-order valence-corrected chi connectivity index (χ3v) is 3.68. The van der Waals surface area contributed by atoms with Crippen molar-refractivity contribution >= 4 is 11.0 Å². The highest BCUT2D eigenvalue weighted by Crippen LogP contribution is 2.34. The summed E-state index contributed by atoms with van der Waals surface area (Å²) in [5.74, 6) is 0.873. The molecule has 1 unspecified atom stereocenters. The van der Waals surface area contributed by atoms with Gasteiger partial charge in [-0.1, -0.05) is 0 Å². The average Bonchev–Trinajstić information content (AvgIpc) is 2.99. The zero-order chi connectivity index (χ0) is 15.1. The molecule has 21 heavy (non-hydrogen) atoms. The molecule has 1 atom stereocenters. The summed E-state index contributed by atoms with van der Waals surface area (Å²) in [5, 5.41) is 4.87. The van der Waals surface area contributed by atoms with E-state index in [-0.39, 0.29) is 5.82 Å². The molecule has 6 heteroatoms. The molecule has 110 valence electrons. The Morgan fingerprint density at radius 2 is 2.19 bits per heavy atom. The summed E-state index contributed by atoms with van der Waals surface area (Å²) in [6, 6.07) is 3.88. The van der Waals surface area contributed by atoms with Gasteiger partial charge < -0.3 is 14.9 Å². The predicted octanol–water partition coefficient (Wildman–Crippen LogP) is 2.67. The van der Waals surface area contributed by atoms with Gasteiger partial charge in [0, 0.05) is 18.0 Å². The highest BCUT2D eigenvalue weighted by molar-refractivity contribution is 5.82. The van der Waals surface area contributed by atoms with E-state index in [2.05, 4.69) is 5.10 Å². The summed E-state index contributed by atoms with van der Waals surface area (Å²) in [5.41, 5.74) is 8.45. The van der Waals surface area contributed by atoms with E-state index in [0.717, 1.165) is 10.9 Å². The molecule has 5 nitrogen and oxygen atoms in total. The number of benzene rings is 1. The molecule has 0 saturated heterocycles. The first-order chi connectivity index (χ1) is 10.0. The van der Waals surface area contributed by atoms with E-state index in [0.29, 0.717) is 22.8 Å². The number of nitrogens with zero attached hydrogens (tertiary/aromatic N) is 2. The number of furan rings is 1. The summed E-state index contributed by atoms with van der Waals surface area (Å²) >= 11 is 0. The Bertz CT molecular complexity index is 807. The van der Waals surface area contributed by atoms with Crippen LogP contribution in [0.1, 0.15) is 23.1 Å². The molecule has 3 aromatic rings. The number of rotatable bonds is 3. The monoisotopic (exact) mass is 289 g/mol. The van der Waals surface area contributed by atoms with Crippen LogP contribution < -0.4 is 10.5 Å². The second-order valence-corrected chi connectivity index (χ2v) is 4.93. The van der Waals surface area contributed by atoms with Crippen LogP contribution in [0, 0.1) is 12.7 Å². The summed E-state index contributed by atoms with van der Waals surface area (Å²) < 4.78 is 26.1. The topological polar surface area (TPSA) is 66.2 Å². The maximum absolute atomic E-state index is 13.4. The predicted molar refractivity (Wildman–Crippen MR) is 76.7 cm³/mol. The number of ether oxygens (including phenoxy) is 1. The van der Waals surface area contributed by atoms with Crippen molar-refractivity contribution in [1.29, 1.82) is 0 Å². The van der Waals surface area contributed by atoms with E-state index in [1.54, 1.807) is 31.1 Å². The summed E-state index contributed by atoms with van der Waals surface area (Å²) in [6.45, 7) is 1.86. The Hall–Kier alpha value is -2.34. The Kier molecular flexibility index (Phi) is 3.17. The van der Waals surface area contributed by atoms with Crippen molar-refractivity contribution in [3.63, 3.8) is 0 Å². The molecule has 2 aromatic heterocycles. The lowest BCUT2D eigenvalue weighted by Gasteiger charge is -2.12. The zero-order valence-corrected chi connectivity index (χ0v) is 12.1. The van der Waals surface area contributed by atoms with E-state index in [1.807, 2.05) is 6.92 Å². The average molecular weight is 289 g/mol. The molecule has 0 aliphatic carbocycles. The first kappa shape index (κ1) is 13.6. The van der Waals surface area contributed by atoms with Crippen LogP contribution in [0.2, 0.25) is 0 Å². The van der Waals surface area contributed by atoms with Gasteiger partial charge in [0.25, 0.3) is 0 Å². The summed E-state index contributed by atoms with van der Waals surface area (Å²) in [6.07, 6.45) is 1.60. The van der Waals surface area contributed by atoms with Gasteiger partial charge >= 0.3 is 0 Å². The lowest BCUT2D eigenvalue weighted by Crippen LogP contribution is -2.17. The minimum Gasteiger partial charge on any atom is -0.493 e. The molecular formula is C15H16FN3O2. The van der Waals surface area contributed by atoms with E-state index in [1.165, 1.54) is 12.1 Å². The van der Waals surface area contributed by atoms with Crippen LogP contribution in [0.25, 0.3) is 11.0 Å². The van der Waals surface area contributed by atoms with Crippen LogP contribution in [0.5, 0.6) is 5.75 Å². The van der Waals surface area contributed by atoms with E-state index in [9.17, 15) is 4.39 Å². The van der Waals surface area contributed by atoms with Crippen LogP contribution in [0.4, 0.5) is 4.39 Å². The molecule has 0 saturated carbocycles. The molecule has 2 heterocycles. The number of aromatic nitrogens is 2. The molecule has 0 bridgehead atoms. The van der Waals surface area contributed by atoms with E-state index in [4.69, 9.17) is 14.9 Å². The number of methoxy groups -OCH3 is 1. The molecule has 2 N–H and O–H groups in total. The molecule has 0 radical (unpaired) electrons. The van der Waals surface area contributed by atoms with Crippen molar-refractivity contribution in [1.82, 2.24) is 9.78 Å². The van der Waals surface area contributed by atoms with Gasteiger partial charge in [0.15, 0.2) is 5.75 Å². The fraction of sp³-hybridized carbons (Fsp3) is 0.267. The van der Waals surface area contributed by atoms with Crippen LogP contribution in [-0.2, 0) is 7.05 Å². The standard InChI is InChI=1S/C15H16FN3O2/c1-8-10-6-9(16)4-5-11(10)21-15(8)13(17)14-12(20-3)7-18-19(14)2/h4-7,13H,17H2,1-3H3.